The second-order valence-electron chi connectivity index (χ2n) is 23.3. The molecule has 0 rings (SSSR count). The second-order valence-corrected chi connectivity index (χ2v) is 24.7. The number of hydrogen-bond donors (Lipinski definition) is 2. The van der Waals surface area contributed by atoms with Gasteiger partial charge in [-0.2, -0.15) is 0 Å². The zero-order chi connectivity index (χ0) is 56.4. The van der Waals surface area contributed by atoms with Crippen LogP contribution in [-0.2, 0) is 27.9 Å². The summed E-state index contributed by atoms with van der Waals surface area (Å²) in [6, 6.07) is -0.849. The Balaban J connectivity index is 5.10. The minimum Gasteiger partial charge on any atom is -0.456 e. The van der Waals surface area contributed by atoms with Gasteiger partial charge in [0, 0.05) is 12.8 Å². The number of phosphoric acid groups is 1. The Morgan fingerprint density at radius 2 is 0.792 bits per heavy atom. The Morgan fingerprint density at radius 1 is 0.455 bits per heavy atom. The van der Waals surface area contributed by atoms with Crippen LogP contribution in [0, 0.1) is 0 Å². The molecule has 0 aromatic rings. The van der Waals surface area contributed by atoms with Crippen molar-refractivity contribution in [2.75, 3.05) is 40.9 Å². The van der Waals surface area contributed by atoms with Gasteiger partial charge in [-0.25, -0.2) is 4.57 Å². The smallest absolute Gasteiger partial charge is 0.456 e. The zero-order valence-electron chi connectivity index (χ0n) is 51.5. The molecule has 3 unspecified atom stereocenters. The first-order chi connectivity index (χ1) is 37.4. The fraction of sp³-hybridized carbons (Fsp3) is 0.821. The van der Waals surface area contributed by atoms with E-state index >= 15 is 0 Å². The number of esters is 1. The second kappa shape index (κ2) is 57.0. The van der Waals surface area contributed by atoms with Gasteiger partial charge in [-0.1, -0.05) is 275 Å². The van der Waals surface area contributed by atoms with E-state index in [4.69, 9.17) is 13.8 Å². The topological polar surface area (TPSA) is 111 Å². The minimum atomic E-state index is -4.45. The maximum atomic E-state index is 13.5. The van der Waals surface area contributed by atoms with E-state index in [2.05, 4.69) is 74.7 Å². The molecule has 0 heterocycles. The van der Waals surface area contributed by atoms with Gasteiger partial charge in [0.05, 0.1) is 33.8 Å². The van der Waals surface area contributed by atoms with E-state index in [1.54, 1.807) is 0 Å². The summed E-state index contributed by atoms with van der Waals surface area (Å²) in [6.07, 6.45) is 72.2. The van der Waals surface area contributed by atoms with Crippen molar-refractivity contribution in [2.24, 2.45) is 0 Å². The number of hydrogen-bond acceptors (Lipinski definition) is 6. The van der Waals surface area contributed by atoms with Crippen LogP contribution >= 0.6 is 7.82 Å². The Hall–Kier alpha value is -2.29. The highest BCUT2D eigenvalue weighted by Gasteiger charge is 2.30. The van der Waals surface area contributed by atoms with E-state index in [9.17, 15) is 19.0 Å². The summed E-state index contributed by atoms with van der Waals surface area (Å²) in [5, 5.41) is 3.06. The Bertz CT molecular complexity index is 1500. The van der Waals surface area contributed by atoms with E-state index in [1.807, 2.05) is 33.3 Å². The van der Waals surface area contributed by atoms with Crippen molar-refractivity contribution in [1.82, 2.24) is 5.32 Å². The standard InChI is InChI=1S/C67H125N2O7P/c1-7-10-13-16-19-22-25-27-29-30-31-32-33-34-35-36-37-38-40-42-45-48-51-54-57-60-67(71)76-65(58-55-52-49-46-43-24-21-18-15-12-9-3)64(63-75-77(72,73)74-62-61-69(4,5)6)68-66(70)59-56-53-50-47-44-41-39-28-26-23-20-17-14-11-8-2/h19,22,27,29,31-32,34-35,55,58,64-65H,7-18,20-21,23-26,28,30,33,36-54,56-57,59-63H2,1-6H3,(H-,68,70,72,73)/p+1/b22-19-,29-27-,32-31-,35-34-,58-55+. The predicted molar refractivity (Wildman–Crippen MR) is 332 cm³/mol. The van der Waals surface area contributed by atoms with Crippen molar-refractivity contribution in [1.29, 1.82) is 0 Å². The normalized spacial score (nSPS) is 14.0. The lowest BCUT2D eigenvalue weighted by Crippen LogP contribution is -2.47. The summed E-state index contributed by atoms with van der Waals surface area (Å²) in [4.78, 5) is 37.7. The van der Waals surface area contributed by atoms with Crippen molar-refractivity contribution in [2.45, 2.75) is 315 Å². The van der Waals surface area contributed by atoms with Gasteiger partial charge in [-0.05, 0) is 76.7 Å². The molecule has 0 aliphatic carbocycles. The fourth-order valence-corrected chi connectivity index (χ4v) is 10.1. The summed E-state index contributed by atoms with van der Waals surface area (Å²) >= 11 is 0. The van der Waals surface area contributed by atoms with Crippen molar-refractivity contribution < 1.29 is 37.3 Å². The molecule has 9 nitrogen and oxygen atoms in total. The van der Waals surface area contributed by atoms with Gasteiger partial charge in [0.25, 0.3) is 0 Å². The number of carbonyl (C=O) groups excluding carboxylic acids is 2. The molecule has 10 heteroatoms. The third-order valence-electron chi connectivity index (χ3n) is 14.5. The molecule has 77 heavy (non-hydrogen) atoms. The average molecular weight is 1100 g/mol. The van der Waals surface area contributed by atoms with Crippen LogP contribution in [-0.4, -0.2) is 74.3 Å². The molecule has 1 amide bonds. The molecule has 0 aromatic heterocycles. The molecule has 0 spiro atoms. The number of unbranched alkanes of at least 4 members (excludes halogenated alkanes) is 35. The van der Waals surface area contributed by atoms with Crippen molar-refractivity contribution in [3.8, 4) is 0 Å². The number of rotatable bonds is 59. The van der Waals surface area contributed by atoms with Crippen molar-refractivity contribution in [3.63, 3.8) is 0 Å². The van der Waals surface area contributed by atoms with Crippen LogP contribution in [0.5, 0.6) is 0 Å². The third kappa shape index (κ3) is 58.2. The van der Waals surface area contributed by atoms with E-state index in [0.29, 0.717) is 17.4 Å². The van der Waals surface area contributed by atoms with Crippen molar-refractivity contribution >= 4 is 19.7 Å². The van der Waals surface area contributed by atoms with Crippen LogP contribution < -0.4 is 5.32 Å². The lowest BCUT2D eigenvalue weighted by molar-refractivity contribution is -0.870. The monoisotopic (exact) mass is 1100 g/mol. The molecule has 0 aliphatic rings. The van der Waals surface area contributed by atoms with E-state index in [0.717, 1.165) is 83.5 Å². The van der Waals surface area contributed by atoms with Gasteiger partial charge < -0.3 is 19.4 Å². The first kappa shape index (κ1) is 74.7. The first-order valence-electron chi connectivity index (χ1n) is 32.6. The van der Waals surface area contributed by atoms with E-state index in [-0.39, 0.29) is 31.5 Å². The maximum absolute atomic E-state index is 13.5. The molecule has 450 valence electrons. The van der Waals surface area contributed by atoms with Crippen molar-refractivity contribution in [3.05, 3.63) is 60.8 Å². The molecule has 3 atom stereocenters. The van der Waals surface area contributed by atoms with Crippen LogP contribution in [0.4, 0.5) is 0 Å². The van der Waals surface area contributed by atoms with Gasteiger partial charge in [0.15, 0.2) is 0 Å². The number of likely N-dealkylation sites (N-methyl/N-ethyl adjacent to an activating group) is 1. The first-order valence-corrected chi connectivity index (χ1v) is 34.1. The highest BCUT2D eigenvalue weighted by atomic mass is 31.2. The quantitative estimate of drug-likeness (QED) is 0.0205. The molecule has 0 saturated heterocycles. The number of nitrogens with one attached hydrogen (secondary N) is 1. The Labute approximate surface area is 477 Å². The zero-order valence-corrected chi connectivity index (χ0v) is 52.3. The van der Waals surface area contributed by atoms with E-state index < -0.39 is 20.0 Å². The lowest BCUT2D eigenvalue weighted by atomic mass is 10.0. The summed E-state index contributed by atoms with van der Waals surface area (Å²) < 4.78 is 30.7. The molecular formula is C67H126N2O7P+. The van der Waals surface area contributed by atoms with Crippen LogP contribution in [0.25, 0.3) is 0 Å². The number of carbonyl (C=O) groups is 2. The third-order valence-corrected chi connectivity index (χ3v) is 15.4. The van der Waals surface area contributed by atoms with E-state index in [1.165, 1.54) is 186 Å². The number of ether oxygens (including phenoxy) is 1. The molecule has 0 fully saturated rings. The Kier molecular flexibility index (Phi) is 55.3. The van der Waals surface area contributed by atoms with Crippen LogP contribution in [0.15, 0.2) is 60.8 Å². The molecule has 0 radical (unpaired) electrons. The molecule has 0 aliphatic heterocycles. The molecule has 0 aromatic carbocycles. The molecular weight excluding hydrogens is 976 g/mol. The van der Waals surface area contributed by atoms with Gasteiger partial charge in [0.2, 0.25) is 5.91 Å². The maximum Gasteiger partial charge on any atom is 0.472 e. The number of allylic oxidation sites excluding steroid dienone is 9. The number of quaternary nitrogens is 1. The average Bonchev–Trinajstić information content (AvgIpc) is 3.39. The number of nitrogens with zero attached hydrogens (tertiary/aromatic N) is 1. The highest BCUT2D eigenvalue weighted by Crippen LogP contribution is 2.43. The molecule has 0 saturated carbocycles. The lowest BCUT2D eigenvalue weighted by Gasteiger charge is -2.27. The fourth-order valence-electron chi connectivity index (χ4n) is 9.40. The van der Waals surface area contributed by atoms with Crippen LogP contribution in [0.3, 0.4) is 0 Å². The summed E-state index contributed by atoms with van der Waals surface area (Å²) in [7, 11) is 1.50. The summed E-state index contributed by atoms with van der Waals surface area (Å²) in [6.45, 7) is 7.00. The summed E-state index contributed by atoms with van der Waals surface area (Å²) in [5.74, 6) is -0.503. The predicted octanol–water partition coefficient (Wildman–Crippen LogP) is 20.2. The van der Waals surface area contributed by atoms with Crippen LogP contribution in [0.1, 0.15) is 303 Å². The SMILES string of the molecule is CCCCC/C=C\C/C=C\C/C=C\C/C=C\CCCCCCCCCCCC(=O)OC(/C=C/CCCCCCCCCCC)C(COP(=O)(O)OCC[N+](C)(C)C)NC(=O)CCCCCCCCCCCCCCCCC. The molecule has 2 N–H and O–H groups in total. The van der Waals surface area contributed by atoms with Gasteiger partial charge in [-0.3, -0.25) is 18.6 Å². The van der Waals surface area contributed by atoms with Gasteiger partial charge in [-0.15, -0.1) is 0 Å². The van der Waals surface area contributed by atoms with Gasteiger partial charge in [0.1, 0.15) is 19.3 Å². The minimum absolute atomic E-state index is 0.0396. The van der Waals surface area contributed by atoms with Crippen LogP contribution in [0.2, 0.25) is 0 Å². The number of amides is 1. The largest absolute Gasteiger partial charge is 0.472 e. The highest BCUT2D eigenvalue weighted by molar-refractivity contribution is 7.47. The Morgan fingerprint density at radius 3 is 1.21 bits per heavy atom. The van der Waals surface area contributed by atoms with Gasteiger partial charge >= 0.3 is 13.8 Å². The number of phosphoric ester groups is 1. The summed E-state index contributed by atoms with van der Waals surface area (Å²) in [5.41, 5.74) is 0. The molecule has 0 bridgehead atoms.